The van der Waals surface area contributed by atoms with Crippen LogP contribution in [0.3, 0.4) is 0 Å². The number of nitrogens with one attached hydrogen (secondary N) is 2. The van der Waals surface area contributed by atoms with Crippen LogP contribution in [0.4, 0.5) is 10.8 Å². The van der Waals surface area contributed by atoms with Crippen LogP contribution < -0.4 is 10.6 Å². The largest absolute Gasteiger partial charge is 0.326 e. The van der Waals surface area contributed by atoms with E-state index >= 15 is 0 Å². The quantitative estimate of drug-likeness (QED) is 0.717. The third-order valence-electron chi connectivity index (χ3n) is 3.81. The van der Waals surface area contributed by atoms with Crippen molar-refractivity contribution in [3.05, 3.63) is 47.6 Å². The van der Waals surface area contributed by atoms with E-state index < -0.39 is 5.41 Å². The molecule has 0 saturated carbocycles. The normalized spacial score (nSPS) is 11.3. The van der Waals surface area contributed by atoms with Gasteiger partial charge in [-0.2, -0.15) is 5.10 Å². The molecule has 0 spiro atoms. The van der Waals surface area contributed by atoms with Gasteiger partial charge in [-0.25, -0.2) is 4.98 Å². The maximum Gasteiger partial charge on any atom is 0.260 e. The van der Waals surface area contributed by atoms with Crippen LogP contribution in [0.15, 0.2) is 42.0 Å². The molecule has 0 fully saturated rings. The molecule has 0 aliphatic heterocycles. The van der Waals surface area contributed by atoms with E-state index in [1.54, 1.807) is 17.9 Å². The zero-order valence-corrected chi connectivity index (χ0v) is 16.4. The van der Waals surface area contributed by atoms with Gasteiger partial charge in [0.05, 0.1) is 17.5 Å². The number of benzene rings is 1. The number of rotatable bonds is 4. The molecule has 2 heterocycles. The number of anilines is 2. The summed E-state index contributed by atoms with van der Waals surface area (Å²) in [5.74, 6) is -0.284. The predicted molar refractivity (Wildman–Crippen MR) is 107 cm³/mol. The van der Waals surface area contributed by atoms with Crippen molar-refractivity contribution in [3.8, 4) is 11.3 Å². The summed E-state index contributed by atoms with van der Waals surface area (Å²) < 4.78 is 1.57. The fraction of sp³-hybridized carbons (Fsp3) is 0.263. The summed E-state index contributed by atoms with van der Waals surface area (Å²) in [6.45, 7) is 5.61. The van der Waals surface area contributed by atoms with Crippen LogP contribution in [0.2, 0.25) is 0 Å². The van der Waals surface area contributed by atoms with Crippen molar-refractivity contribution in [2.75, 3.05) is 10.6 Å². The molecule has 0 aliphatic rings. The van der Waals surface area contributed by atoms with Crippen LogP contribution in [0.1, 0.15) is 31.1 Å². The lowest BCUT2D eigenvalue weighted by Gasteiger charge is -2.17. The van der Waals surface area contributed by atoms with Crippen molar-refractivity contribution < 1.29 is 9.59 Å². The number of nitrogens with zero attached hydrogens (tertiary/aromatic N) is 3. The van der Waals surface area contributed by atoms with Crippen molar-refractivity contribution in [1.29, 1.82) is 0 Å². The monoisotopic (exact) mass is 383 g/mol. The summed E-state index contributed by atoms with van der Waals surface area (Å²) >= 11 is 1.35. The van der Waals surface area contributed by atoms with Crippen LogP contribution in [-0.4, -0.2) is 26.6 Å². The fourth-order valence-electron chi connectivity index (χ4n) is 2.21. The van der Waals surface area contributed by atoms with E-state index in [4.69, 9.17) is 0 Å². The molecule has 0 aliphatic carbocycles. The highest BCUT2D eigenvalue weighted by Crippen LogP contribution is 2.27. The molecule has 7 nitrogen and oxygen atoms in total. The first-order valence-corrected chi connectivity index (χ1v) is 9.28. The van der Waals surface area contributed by atoms with E-state index in [0.29, 0.717) is 10.7 Å². The third-order valence-corrected chi connectivity index (χ3v) is 4.57. The minimum absolute atomic E-state index is 0.0377. The zero-order chi connectivity index (χ0) is 19.6. The number of hydrogen-bond donors (Lipinski definition) is 2. The molecule has 2 amide bonds. The molecular formula is C19H21N5O2S. The third kappa shape index (κ3) is 4.59. The lowest BCUT2D eigenvalue weighted by molar-refractivity contribution is -0.123. The molecule has 0 bridgehead atoms. The predicted octanol–water partition coefficient (Wildman–Crippen LogP) is 3.78. The molecule has 3 aromatic rings. The minimum Gasteiger partial charge on any atom is -0.326 e. The van der Waals surface area contributed by atoms with Gasteiger partial charge >= 0.3 is 0 Å². The second-order valence-corrected chi connectivity index (χ2v) is 8.03. The standard InChI is InChI=1S/C19H21N5O2S/c1-19(2,3)17(26)21-14-7-5-12(6-8-14)15-11-27-18(22-15)23-16(25)13-9-20-24(4)10-13/h5-11H,1-4H3,(H,21,26)(H,22,23,25). The van der Waals surface area contributed by atoms with Crippen LogP contribution in [0, 0.1) is 5.41 Å². The van der Waals surface area contributed by atoms with E-state index in [0.717, 1.165) is 16.9 Å². The van der Waals surface area contributed by atoms with Gasteiger partial charge in [0.25, 0.3) is 5.91 Å². The van der Waals surface area contributed by atoms with E-state index in [1.807, 2.05) is 50.4 Å². The van der Waals surface area contributed by atoms with Crippen LogP contribution in [0.25, 0.3) is 11.3 Å². The van der Waals surface area contributed by atoms with E-state index in [1.165, 1.54) is 17.5 Å². The first-order valence-electron chi connectivity index (χ1n) is 8.40. The Morgan fingerprint density at radius 1 is 1.11 bits per heavy atom. The average molecular weight is 383 g/mol. The highest BCUT2D eigenvalue weighted by molar-refractivity contribution is 7.14. The van der Waals surface area contributed by atoms with Crippen molar-refractivity contribution >= 4 is 34.0 Å². The second kappa shape index (κ2) is 7.32. The maximum atomic E-state index is 12.2. The molecule has 27 heavy (non-hydrogen) atoms. The van der Waals surface area contributed by atoms with Gasteiger partial charge in [0.2, 0.25) is 5.91 Å². The summed E-state index contributed by atoms with van der Waals surface area (Å²) in [6, 6.07) is 7.46. The Morgan fingerprint density at radius 2 is 1.81 bits per heavy atom. The summed E-state index contributed by atoms with van der Waals surface area (Å²) in [7, 11) is 1.76. The Hall–Kier alpha value is -3.00. The van der Waals surface area contributed by atoms with Gasteiger partial charge < -0.3 is 5.32 Å². The summed E-state index contributed by atoms with van der Waals surface area (Å²) in [5.41, 5.74) is 2.43. The molecule has 0 unspecified atom stereocenters. The summed E-state index contributed by atoms with van der Waals surface area (Å²) in [5, 5.41) is 12.0. The van der Waals surface area contributed by atoms with Crippen LogP contribution in [0.5, 0.6) is 0 Å². The molecule has 1 aromatic carbocycles. The lowest BCUT2D eigenvalue weighted by atomic mass is 9.95. The number of hydrogen-bond acceptors (Lipinski definition) is 5. The first kappa shape index (κ1) is 18.8. The Kier molecular flexibility index (Phi) is 5.09. The number of carbonyl (C=O) groups excluding carboxylic acids is 2. The van der Waals surface area contributed by atoms with Crippen molar-refractivity contribution in [2.45, 2.75) is 20.8 Å². The Balaban J connectivity index is 1.67. The van der Waals surface area contributed by atoms with E-state index in [-0.39, 0.29) is 11.8 Å². The average Bonchev–Trinajstić information content (AvgIpc) is 3.24. The fourth-order valence-corrected chi connectivity index (χ4v) is 2.93. The Labute approximate surface area is 161 Å². The van der Waals surface area contributed by atoms with Gasteiger partial charge in [-0.3, -0.25) is 19.6 Å². The van der Waals surface area contributed by atoms with Gasteiger partial charge in [0, 0.05) is 35.3 Å². The number of aromatic nitrogens is 3. The molecule has 2 aromatic heterocycles. The van der Waals surface area contributed by atoms with Gasteiger partial charge in [0.15, 0.2) is 5.13 Å². The zero-order valence-electron chi connectivity index (χ0n) is 15.6. The lowest BCUT2D eigenvalue weighted by Crippen LogP contribution is -2.27. The Bertz CT molecular complexity index is 967. The first-order chi connectivity index (χ1) is 12.7. The molecule has 140 valence electrons. The van der Waals surface area contributed by atoms with Gasteiger partial charge in [-0.1, -0.05) is 32.9 Å². The molecule has 0 radical (unpaired) electrons. The van der Waals surface area contributed by atoms with Gasteiger partial charge in [-0.15, -0.1) is 11.3 Å². The Morgan fingerprint density at radius 3 is 2.41 bits per heavy atom. The second-order valence-electron chi connectivity index (χ2n) is 7.18. The summed E-state index contributed by atoms with van der Waals surface area (Å²) in [4.78, 5) is 28.7. The highest BCUT2D eigenvalue weighted by Gasteiger charge is 2.21. The maximum absolute atomic E-state index is 12.2. The molecule has 2 N–H and O–H groups in total. The topological polar surface area (TPSA) is 88.9 Å². The number of aryl methyl sites for hydroxylation is 1. The molecule has 8 heteroatoms. The SMILES string of the molecule is Cn1cc(C(=O)Nc2nc(-c3ccc(NC(=O)C(C)(C)C)cc3)cs2)cn1. The van der Waals surface area contributed by atoms with Crippen LogP contribution >= 0.6 is 11.3 Å². The van der Waals surface area contributed by atoms with E-state index in [2.05, 4.69) is 20.7 Å². The van der Waals surface area contributed by atoms with Crippen molar-refractivity contribution in [3.63, 3.8) is 0 Å². The molecular weight excluding hydrogens is 362 g/mol. The summed E-state index contributed by atoms with van der Waals surface area (Å²) in [6.07, 6.45) is 3.16. The smallest absolute Gasteiger partial charge is 0.260 e. The molecule has 3 rings (SSSR count). The molecule has 0 saturated heterocycles. The highest BCUT2D eigenvalue weighted by atomic mass is 32.1. The minimum atomic E-state index is -0.449. The van der Waals surface area contributed by atoms with Gasteiger partial charge in [-0.05, 0) is 12.1 Å². The number of carbonyl (C=O) groups is 2. The van der Waals surface area contributed by atoms with E-state index in [9.17, 15) is 9.59 Å². The van der Waals surface area contributed by atoms with Crippen molar-refractivity contribution in [1.82, 2.24) is 14.8 Å². The van der Waals surface area contributed by atoms with Crippen LogP contribution in [-0.2, 0) is 11.8 Å². The van der Waals surface area contributed by atoms with Gasteiger partial charge in [0.1, 0.15) is 0 Å². The number of thiazole rings is 1. The number of amides is 2. The molecule has 0 atom stereocenters. The van der Waals surface area contributed by atoms with Crippen molar-refractivity contribution in [2.24, 2.45) is 12.5 Å².